The minimum Gasteiger partial charge on any atom is -0.461 e. The molecular weight excluding hydrogens is 250 g/mol. The quantitative estimate of drug-likeness (QED) is 0.680. The molecule has 0 radical (unpaired) electrons. The molecule has 3 heteroatoms. The highest BCUT2D eigenvalue weighted by molar-refractivity contribution is 5.69. The zero-order valence-corrected chi connectivity index (χ0v) is 13.2. The van der Waals surface area contributed by atoms with Gasteiger partial charge in [-0.2, -0.15) is 0 Å². The Kier molecular flexibility index (Phi) is 7.31. The Bertz CT molecular complexity index is 394. The molecule has 0 aliphatic carbocycles. The van der Waals surface area contributed by atoms with Crippen LogP contribution in [0.5, 0.6) is 0 Å². The summed E-state index contributed by atoms with van der Waals surface area (Å²) in [6, 6.07) is 8.32. The first kappa shape index (κ1) is 16.7. The van der Waals surface area contributed by atoms with E-state index in [-0.39, 0.29) is 5.97 Å². The molecule has 0 bridgehead atoms. The van der Waals surface area contributed by atoms with Crippen LogP contribution < -0.4 is 0 Å². The van der Waals surface area contributed by atoms with Crippen molar-refractivity contribution in [1.29, 1.82) is 0 Å². The molecule has 1 aromatic carbocycles. The van der Waals surface area contributed by atoms with E-state index in [0.29, 0.717) is 18.9 Å². The van der Waals surface area contributed by atoms with Crippen LogP contribution in [0.2, 0.25) is 0 Å². The molecule has 0 aliphatic rings. The smallest absolute Gasteiger partial charge is 0.306 e. The third-order valence-electron chi connectivity index (χ3n) is 3.30. The third-order valence-corrected chi connectivity index (χ3v) is 3.30. The largest absolute Gasteiger partial charge is 0.461 e. The predicted molar refractivity (Wildman–Crippen MR) is 82.3 cm³/mol. The van der Waals surface area contributed by atoms with Gasteiger partial charge >= 0.3 is 5.97 Å². The molecule has 0 unspecified atom stereocenters. The van der Waals surface area contributed by atoms with Crippen LogP contribution in [0.3, 0.4) is 0 Å². The number of benzene rings is 1. The molecule has 20 heavy (non-hydrogen) atoms. The first-order chi connectivity index (χ1) is 9.55. The van der Waals surface area contributed by atoms with Gasteiger partial charge in [0.15, 0.2) is 0 Å². The maximum atomic E-state index is 11.5. The number of hydrogen-bond donors (Lipinski definition) is 0. The Morgan fingerprint density at radius 2 is 1.65 bits per heavy atom. The van der Waals surface area contributed by atoms with Crippen LogP contribution >= 0.6 is 0 Å². The average molecular weight is 277 g/mol. The van der Waals surface area contributed by atoms with E-state index in [2.05, 4.69) is 30.9 Å². The Morgan fingerprint density at radius 3 is 2.15 bits per heavy atom. The summed E-state index contributed by atoms with van der Waals surface area (Å²) in [5.41, 5.74) is 2.34. The second-order valence-corrected chi connectivity index (χ2v) is 5.54. The second-order valence-electron chi connectivity index (χ2n) is 5.54. The highest BCUT2D eigenvalue weighted by atomic mass is 16.5. The fourth-order valence-corrected chi connectivity index (χ4v) is 2.00. The Morgan fingerprint density at radius 1 is 1.10 bits per heavy atom. The maximum absolute atomic E-state index is 11.5. The fraction of sp³-hybridized carbons (Fsp3) is 0.588. The highest BCUT2D eigenvalue weighted by Gasteiger charge is 2.06. The molecule has 112 valence electrons. The number of ether oxygens (including phenoxy) is 1. The van der Waals surface area contributed by atoms with Crippen molar-refractivity contribution < 1.29 is 9.53 Å². The molecule has 0 N–H and O–H groups in total. The average Bonchev–Trinajstić information content (AvgIpc) is 2.43. The minimum atomic E-state index is -0.118. The molecule has 1 rings (SSSR count). The van der Waals surface area contributed by atoms with Crippen LogP contribution in [-0.4, -0.2) is 24.0 Å². The zero-order valence-electron chi connectivity index (χ0n) is 13.2. The number of carbonyl (C=O) groups excluding carboxylic acids is 1. The number of esters is 1. The Labute approximate surface area is 122 Å². The van der Waals surface area contributed by atoms with Gasteiger partial charge in [-0.25, -0.2) is 0 Å². The van der Waals surface area contributed by atoms with E-state index in [1.165, 1.54) is 5.56 Å². The summed E-state index contributed by atoms with van der Waals surface area (Å²) in [5, 5.41) is 0. The van der Waals surface area contributed by atoms with Gasteiger partial charge in [0, 0.05) is 13.0 Å². The van der Waals surface area contributed by atoms with Gasteiger partial charge < -0.3 is 4.74 Å². The van der Waals surface area contributed by atoms with Crippen LogP contribution in [0.15, 0.2) is 24.3 Å². The SMILES string of the molecule is CCN(CC)Cc1ccc(COC(=O)CC(C)C)cc1. The van der Waals surface area contributed by atoms with Crippen molar-refractivity contribution in [2.45, 2.75) is 47.3 Å². The topological polar surface area (TPSA) is 29.5 Å². The van der Waals surface area contributed by atoms with Crippen LogP contribution in [0.1, 0.15) is 45.2 Å². The standard InChI is InChI=1S/C17H27NO2/c1-5-18(6-2)12-15-7-9-16(10-8-15)13-20-17(19)11-14(3)4/h7-10,14H,5-6,11-13H2,1-4H3. The molecule has 0 spiro atoms. The van der Waals surface area contributed by atoms with Gasteiger partial charge in [0.25, 0.3) is 0 Å². The van der Waals surface area contributed by atoms with Crippen LogP contribution in [0, 0.1) is 5.92 Å². The maximum Gasteiger partial charge on any atom is 0.306 e. The van der Waals surface area contributed by atoms with Crippen molar-refractivity contribution in [2.75, 3.05) is 13.1 Å². The van der Waals surface area contributed by atoms with Crippen molar-refractivity contribution in [2.24, 2.45) is 5.92 Å². The van der Waals surface area contributed by atoms with Gasteiger partial charge in [-0.3, -0.25) is 9.69 Å². The van der Waals surface area contributed by atoms with Gasteiger partial charge in [0.1, 0.15) is 6.61 Å². The molecular formula is C17H27NO2. The molecule has 1 aromatic rings. The van der Waals surface area contributed by atoms with Gasteiger partial charge in [-0.15, -0.1) is 0 Å². The zero-order chi connectivity index (χ0) is 15.0. The summed E-state index contributed by atoms with van der Waals surface area (Å²) in [5.74, 6) is 0.228. The third kappa shape index (κ3) is 6.20. The van der Waals surface area contributed by atoms with Crippen molar-refractivity contribution in [1.82, 2.24) is 4.90 Å². The lowest BCUT2D eigenvalue weighted by Crippen LogP contribution is -2.22. The number of rotatable bonds is 8. The monoisotopic (exact) mass is 277 g/mol. The molecule has 0 saturated heterocycles. The second kappa shape index (κ2) is 8.75. The van der Waals surface area contributed by atoms with Gasteiger partial charge in [0.05, 0.1) is 0 Å². The molecule has 0 saturated carbocycles. The van der Waals surface area contributed by atoms with Crippen LogP contribution in [0.25, 0.3) is 0 Å². The summed E-state index contributed by atoms with van der Waals surface area (Å²) >= 11 is 0. The van der Waals surface area contributed by atoms with Crippen molar-refractivity contribution in [3.05, 3.63) is 35.4 Å². The highest BCUT2D eigenvalue weighted by Crippen LogP contribution is 2.10. The molecule has 0 aromatic heterocycles. The summed E-state index contributed by atoms with van der Waals surface area (Å²) in [6.07, 6.45) is 0.486. The van der Waals surface area contributed by atoms with Crippen molar-refractivity contribution in [3.63, 3.8) is 0 Å². The summed E-state index contributed by atoms with van der Waals surface area (Å²) in [7, 11) is 0. The minimum absolute atomic E-state index is 0.118. The first-order valence-corrected chi connectivity index (χ1v) is 7.50. The van der Waals surface area contributed by atoms with Gasteiger partial charge in [-0.05, 0) is 30.1 Å². The summed E-state index contributed by atoms with van der Waals surface area (Å²) in [6.45, 7) is 11.8. The molecule has 0 amide bonds. The first-order valence-electron chi connectivity index (χ1n) is 7.50. The van der Waals surface area contributed by atoms with E-state index < -0.39 is 0 Å². The van der Waals surface area contributed by atoms with Crippen molar-refractivity contribution in [3.8, 4) is 0 Å². The van der Waals surface area contributed by atoms with E-state index in [1.807, 2.05) is 26.0 Å². The lowest BCUT2D eigenvalue weighted by atomic mass is 10.1. The number of hydrogen-bond acceptors (Lipinski definition) is 3. The lowest BCUT2D eigenvalue weighted by Gasteiger charge is -2.18. The number of nitrogens with zero attached hydrogens (tertiary/aromatic N) is 1. The van der Waals surface area contributed by atoms with E-state index in [4.69, 9.17) is 4.74 Å². The van der Waals surface area contributed by atoms with E-state index in [1.54, 1.807) is 0 Å². The summed E-state index contributed by atoms with van der Waals surface area (Å²) < 4.78 is 5.25. The van der Waals surface area contributed by atoms with Gasteiger partial charge in [0.2, 0.25) is 0 Å². The lowest BCUT2D eigenvalue weighted by molar-refractivity contribution is -0.145. The predicted octanol–water partition coefficient (Wildman–Crippen LogP) is 3.62. The molecule has 3 nitrogen and oxygen atoms in total. The summed E-state index contributed by atoms with van der Waals surface area (Å²) in [4.78, 5) is 13.9. The van der Waals surface area contributed by atoms with Crippen LogP contribution in [0.4, 0.5) is 0 Å². The normalized spacial score (nSPS) is 11.1. The van der Waals surface area contributed by atoms with Crippen molar-refractivity contribution >= 4 is 5.97 Å². The fourth-order valence-electron chi connectivity index (χ4n) is 2.00. The van der Waals surface area contributed by atoms with E-state index in [9.17, 15) is 4.79 Å². The molecule has 0 heterocycles. The van der Waals surface area contributed by atoms with Gasteiger partial charge in [-0.1, -0.05) is 52.0 Å². The Balaban J connectivity index is 2.44. The van der Waals surface area contributed by atoms with Crippen LogP contribution in [-0.2, 0) is 22.7 Å². The Hall–Kier alpha value is -1.35. The molecule has 0 aliphatic heterocycles. The molecule has 0 atom stereocenters. The van der Waals surface area contributed by atoms with E-state index in [0.717, 1.165) is 25.2 Å². The van der Waals surface area contributed by atoms with E-state index >= 15 is 0 Å². The number of carbonyl (C=O) groups is 1. The molecule has 0 fully saturated rings.